The van der Waals surface area contributed by atoms with Crippen LogP contribution in [0.3, 0.4) is 0 Å². The van der Waals surface area contributed by atoms with Crippen molar-refractivity contribution in [3.8, 4) is 11.5 Å². The highest BCUT2D eigenvalue weighted by Gasteiger charge is 2.12. The van der Waals surface area contributed by atoms with Gasteiger partial charge in [0.05, 0.1) is 7.11 Å². The lowest BCUT2D eigenvalue weighted by molar-refractivity contribution is 0.284. The molecule has 2 aromatic carbocycles. The summed E-state index contributed by atoms with van der Waals surface area (Å²) in [4.78, 5) is 0. The minimum atomic E-state index is 0.331. The van der Waals surface area contributed by atoms with Gasteiger partial charge in [-0.1, -0.05) is 53.2 Å². The zero-order valence-corrected chi connectivity index (χ0v) is 18.4. The number of tetrazole rings is 1. The highest BCUT2D eigenvalue weighted by atomic mass is 35.5. The molecular weight excluding hydrogens is 433 g/mol. The van der Waals surface area contributed by atoms with Crippen molar-refractivity contribution in [2.45, 2.75) is 18.3 Å². The van der Waals surface area contributed by atoms with Gasteiger partial charge in [0.15, 0.2) is 11.5 Å². The number of benzene rings is 2. The maximum absolute atomic E-state index is 6.45. The summed E-state index contributed by atoms with van der Waals surface area (Å²) in [5.41, 5.74) is 1.83. The number of rotatable bonds is 10. The molecule has 1 N–H and O–H groups in total. The van der Waals surface area contributed by atoms with E-state index in [1.54, 1.807) is 29.6 Å². The van der Waals surface area contributed by atoms with Gasteiger partial charge in [-0.15, -0.1) is 5.10 Å². The molecule has 0 amide bonds. The molecule has 0 radical (unpaired) electrons. The van der Waals surface area contributed by atoms with Crippen LogP contribution in [0.25, 0.3) is 0 Å². The highest BCUT2D eigenvalue weighted by molar-refractivity contribution is 7.99. The molecule has 0 saturated carbocycles. The summed E-state index contributed by atoms with van der Waals surface area (Å²) in [6, 6.07) is 11.2. The van der Waals surface area contributed by atoms with Gasteiger partial charge < -0.3 is 14.8 Å². The average molecular weight is 454 g/mol. The van der Waals surface area contributed by atoms with Crippen molar-refractivity contribution in [3.63, 3.8) is 0 Å². The summed E-state index contributed by atoms with van der Waals surface area (Å²) in [5.74, 6) is 2.03. The molecule has 0 atom stereocenters. The Morgan fingerprint density at radius 1 is 1.10 bits per heavy atom. The molecule has 154 valence electrons. The van der Waals surface area contributed by atoms with Gasteiger partial charge in [0.2, 0.25) is 5.16 Å². The second kappa shape index (κ2) is 10.7. The second-order valence-electron chi connectivity index (χ2n) is 6.08. The fraction of sp³-hybridized carbons (Fsp3) is 0.316. The van der Waals surface area contributed by atoms with Gasteiger partial charge in [-0.2, -0.15) is 0 Å². The summed E-state index contributed by atoms with van der Waals surface area (Å²) in [7, 11) is 3.42. The molecular formula is C19H21Cl2N5O2S. The zero-order chi connectivity index (χ0) is 20.6. The second-order valence-corrected chi connectivity index (χ2v) is 7.96. The first kappa shape index (κ1) is 21.7. The first-order valence-corrected chi connectivity index (χ1v) is 10.6. The number of thioether (sulfide) groups is 1. The van der Waals surface area contributed by atoms with E-state index in [-0.39, 0.29) is 0 Å². The molecule has 1 aromatic heterocycles. The Kier molecular flexibility index (Phi) is 8.00. The third kappa shape index (κ3) is 5.99. The predicted octanol–water partition coefficient (Wildman–Crippen LogP) is 3.99. The molecule has 0 aliphatic carbocycles. The van der Waals surface area contributed by atoms with Crippen LogP contribution in [0, 0.1) is 0 Å². The van der Waals surface area contributed by atoms with E-state index < -0.39 is 0 Å². The minimum absolute atomic E-state index is 0.331. The summed E-state index contributed by atoms with van der Waals surface area (Å²) < 4.78 is 13.0. The molecule has 29 heavy (non-hydrogen) atoms. The van der Waals surface area contributed by atoms with E-state index in [9.17, 15) is 0 Å². The SMILES string of the molecule is COc1cc(CNCCSc2nnnn2C)c(Cl)cc1OCc1ccccc1Cl. The summed E-state index contributed by atoms with van der Waals surface area (Å²) in [6.07, 6.45) is 0. The Morgan fingerprint density at radius 3 is 2.66 bits per heavy atom. The molecule has 7 nitrogen and oxygen atoms in total. The van der Waals surface area contributed by atoms with Gasteiger partial charge in [0.25, 0.3) is 0 Å². The number of nitrogens with zero attached hydrogens (tertiary/aromatic N) is 4. The van der Waals surface area contributed by atoms with Crippen LogP contribution in [0.4, 0.5) is 0 Å². The average Bonchev–Trinajstić information content (AvgIpc) is 3.13. The van der Waals surface area contributed by atoms with Gasteiger partial charge in [-0.25, -0.2) is 4.68 Å². The lowest BCUT2D eigenvalue weighted by Gasteiger charge is -2.15. The number of aromatic nitrogens is 4. The Balaban J connectivity index is 1.54. The molecule has 3 aromatic rings. The van der Waals surface area contributed by atoms with Gasteiger partial charge in [-0.3, -0.25) is 0 Å². The third-order valence-corrected chi connectivity index (χ3v) is 5.81. The third-order valence-electron chi connectivity index (χ3n) is 4.08. The quantitative estimate of drug-likeness (QED) is 0.367. The Morgan fingerprint density at radius 2 is 1.93 bits per heavy atom. The van der Waals surface area contributed by atoms with E-state index in [1.165, 1.54) is 0 Å². The molecule has 1 heterocycles. The molecule has 10 heteroatoms. The van der Waals surface area contributed by atoms with Crippen LogP contribution in [0.1, 0.15) is 11.1 Å². The number of hydrogen-bond donors (Lipinski definition) is 1. The molecule has 0 spiro atoms. The normalized spacial score (nSPS) is 10.9. The fourth-order valence-electron chi connectivity index (χ4n) is 2.54. The van der Waals surface area contributed by atoms with Crippen molar-refractivity contribution in [2.75, 3.05) is 19.4 Å². The van der Waals surface area contributed by atoms with Gasteiger partial charge in [0.1, 0.15) is 6.61 Å². The Hall–Kier alpha value is -2.00. The van der Waals surface area contributed by atoms with Crippen LogP contribution < -0.4 is 14.8 Å². The van der Waals surface area contributed by atoms with Crippen molar-refractivity contribution < 1.29 is 9.47 Å². The molecule has 0 saturated heterocycles. The maximum atomic E-state index is 6.45. The number of hydrogen-bond acceptors (Lipinski definition) is 7. The lowest BCUT2D eigenvalue weighted by atomic mass is 10.2. The van der Waals surface area contributed by atoms with E-state index in [4.69, 9.17) is 32.7 Å². The van der Waals surface area contributed by atoms with Gasteiger partial charge >= 0.3 is 0 Å². The first-order chi connectivity index (χ1) is 14.1. The first-order valence-electron chi connectivity index (χ1n) is 8.87. The Labute approximate surface area is 183 Å². The number of ether oxygens (including phenoxy) is 2. The van der Waals surface area contributed by atoms with Crippen molar-refractivity contribution in [1.29, 1.82) is 0 Å². The van der Waals surface area contributed by atoms with Crippen LogP contribution in [0.15, 0.2) is 41.6 Å². The van der Waals surface area contributed by atoms with E-state index >= 15 is 0 Å². The van der Waals surface area contributed by atoms with Crippen molar-refractivity contribution in [2.24, 2.45) is 7.05 Å². The van der Waals surface area contributed by atoms with E-state index in [1.807, 2.05) is 37.4 Å². The largest absolute Gasteiger partial charge is 0.493 e. The molecule has 0 aliphatic heterocycles. The molecule has 0 aliphatic rings. The van der Waals surface area contributed by atoms with Crippen molar-refractivity contribution in [1.82, 2.24) is 25.5 Å². The Bertz CT molecular complexity index is 954. The summed E-state index contributed by atoms with van der Waals surface area (Å²) in [5, 5.41) is 16.8. The van der Waals surface area contributed by atoms with Crippen LogP contribution >= 0.6 is 35.0 Å². The van der Waals surface area contributed by atoms with Crippen molar-refractivity contribution >= 4 is 35.0 Å². The maximum Gasteiger partial charge on any atom is 0.209 e. The number of halogens is 2. The molecule has 3 rings (SSSR count). The zero-order valence-electron chi connectivity index (χ0n) is 16.1. The van der Waals surface area contributed by atoms with Gasteiger partial charge in [0, 0.05) is 47.6 Å². The van der Waals surface area contributed by atoms with Crippen LogP contribution in [0.2, 0.25) is 10.0 Å². The number of aryl methyl sites for hydroxylation is 1. The van der Waals surface area contributed by atoms with Crippen LogP contribution in [0.5, 0.6) is 11.5 Å². The highest BCUT2D eigenvalue weighted by Crippen LogP contribution is 2.34. The van der Waals surface area contributed by atoms with Crippen LogP contribution in [-0.4, -0.2) is 39.6 Å². The molecule has 0 unspecified atom stereocenters. The topological polar surface area (TPSA) is 74.1 Å². The minimum Gasteiger partial charge on any atom is -0.493 e. The monoisotopic (exact) mass is 453 g/mol. The fourth-order valence-corrected chi connectivity index (χ4v) is 3.69. The lowest BCUT2D eigenvalue weighted by Crippen LogP contribution is -2.17. The van der Waals surface area contributed by atoms with E-state index in [2.05, 4.69) is 20.8 Å². The van der Waals surface area contributed by atoms with Crippen LogP contribution in [-0.2, 0) is 20.2 Å². The van der Waals surface area contributed by atoms with E-state index in [0.717, 1.165) is 28.6 Å². The number of nitrogens with one attached hydrogen (secondary N) is 1. The number of methoxy groups -OCH3 is 1. The summed E-state index contributed by atoms with van der Waals surface area (Å²) >= 11 is 14.2. The van der Waals surface area contributed by atoms with Crippen molar-refractivity contribution in [3.05, 3.63) is 57.6 Å². The summed E-state index contributed by atoms with van der Waals surface area (Å²) in [6.45, 7) is 1.72. The predicted molar refractivity (Wildman–Crippen MR) is 115 cm³/mol. The van der Waals surface area contributed by atoms with Gasteiger partial charge in [-0.05, 0) is 28.1 Å². The molecule has 0 bridgehead atoms. The smallest absolute Gasteiger partial charge is 0.209 e. The van der Waals surface area contributed by atoms with E-state index in [0.29, 0.717) is 34.7 Å². The molecule has 0 fully saturated rings. The standard InChI is InChI=1S/C19H21Cl2N5O2S/c1-26-19(23-24-25-26)29-8-7-22-11-14-9-17(27-2)18(10-16(14)21)28-12-13-5-3-4-6-15(13)20/h3-6,9-10,22H,7-8,11-12H2,1-2H3.